The Morgan fingerprint density at radius 1 is 1.15 bits per heavy atom. The maximum absolute atomic E-state index is 14.0. The number of hydrogen-bond donors (Lipinski definition) is 2. The zero-order valence-electron chi connectivity index (χ0n) is 24.1. The van der Waals surface area contributed by atoms with Gasteiger partial charge in [-0.1, -0.05) is 69.7 Å². The SMILES string of the molecule is CCC/C(=C\c1ccc(O)c(F)c1)CC[C@H]1OB(O)C[C@H]2C1=C(C(C)C)C[C@H]1C(=O)N(C3CCCCC3)C(=O)[C@H]12. The molecular formula is C32H43BFNO5. The van der Waals surface area contributed by atoms with Gasteiger partial charge in [0.05, 0.1) is 17.9 Å². The summed E-state index contributed by atoms with van der Waals surface area (Å²) >= 11 is 0. The summed E-state index contributed by atoms with van der Waals surface area (Å²) in [5.41, 5.74) is 4.17. The van der Waals surface area contributed by atoms with E-state index < -0.39 is 18.9 Å². The number of fused-ring (bicyclic) bond motifs is 3. The fraction of sp³-hybridized carbons (Fsp3) is 0.625. The minimum Gasteiger partial charge on any atom is -0.505 e. The number of halogens is 1. The lowest BCUT2D eigenvalue weighted by molar-refractivity contribution is -0.143. The van der Waals surface area contributed by atoms with Gasteiger partial charge >= 0.3 is 7.12 Å². The van der Waals surface area contributed by atoms with E-state index in [2.05, 4.69) is 20.8 Å². The van der Waals surface area contributed by atoms with Gasteiger partial charge in [-0.05, 0) is 80.0 Å². The van der Waals surface area contributed by atoms with Crippen molar-refractivity contribution in [2.45, 2.75) is 103 Å². The lowest BCUT2D eigenvalue weighted by Crippen LogP contribution is -2.47. The quantitative estimate of drug-likeness (QED) is 0.226. The lowest BCUT2D eigenvalue weighted by Gasteiger charge is -2.44. The molecule has 0 unspecified atom stereocenters. The van der Waals surface area contributed by atoms with Crippen molar-refractivity contribution in [3.8, 4) is 5.75 Å². The Hall–Kier alpha value is -2.45. The second-order valence-corrected chi connectivity index (χ2v) is 12.5. The number of imide groups is 1. The number of phenolic OH excluding ortho intramolecular Hbond substituents is 1. The van der Waals surface area contributed by atoms with E-state index in [4.69, 9.17) is 4.65 Å². The molecule has 2 saturated heterocycles. The number of phenols is 1. The van der Waals surface area contributed by atoms with Crippen LogP contribution in [0.2, 0.25) is 6.32 Å². The van der Waals surface area contributed by atoms with E-state index in [9.17, 15) is 24.1 Å². The topological polar surface area (TPSA) is 87.1 Å². The van der Waals surface area contributed by atoms with E-state index in [0.29, 0.717) is 31.1 Å². The van der Waals surface area contributed by atoms with Gasteiger partial charge in [-0.2, -0.15) is 0 Å². The van der Waals surface area contributed by atoms with Gasteiger partial charge in [0.2, 0.25) is 11.8 Å². The number of carbonyl (C=O) groups excluding carboxylic acids is 2. The molecule has 1 aromatic carbocycles. The second-order valence-electron chi connectivity index (χ2n) is 12.5. The maximum Gasteiger partial charge on any atom is 0.455 e. The van der Waals surface area contributed by atoms with Gasteiger partial charge in [-0.25, -0.2) is 4.39 Å². The number of carbonyl (C=O) groups is 2. The molecule has 3 fully saturated rings. The van der Waals surface area contributed by atoms with Crippen LogP contribution < -0.4 is 0 Å². The zero-order valence-corrected chi connectivity index (χ0v) is 24.1. The van der Waals surface area contributed by atoms with Crippen LogP contribution in [0.15, 0.2) is 34.9 Å². The van der Waals surface area contributed by atoms with Crippen LogP contribution in [0.1, 0.15) is 90.5 Å². The molecule has 216 valence electrons. The van der Waals surface area contributed by atoms with Crippen LogP contribution in [0.3, 0.4) is 0 Å². The molecule has 0 bridgehead atoms. The molecule has 2 aliphatic carbocycles. The molecular weight excluding hydrogens is 508 g/mol. The van der Waals surface area contributed by atoms with E-state index in [1.165, 1.54) is 17.7 Å². The first-order valence-electron chi connectivity index (χ1n) is 15.3. The summed E-state index contributed by atoms with van der Waals surface area (Å²) < 4.78 is 20.1. The standard InChI is InChI=1S/C32H43BFNO5/c1-4-8-20(15-21-11-13-27(36)26(34)16-21)12-14-28-29-23(19(2)3)17-24-30(25(29)18-33(39)40-28)32(38)35(31(24)37)22-9-6-5-7-10-22/h11,13,15-16,19,22,24-25,28,30,36,39H,4-10,12,14,17-18H2,1-3H3/b20-15+/t24-,25+,28-,30-/m1/s1. The third kappa shape index (κ3) is 5.67. The molecule has 0 spiro atoms. The van der Waals surface area contributed by atoms with Crippen LogP contribution >= 0.6 is 0 Å². The van der Waals surface area contributed by atoms with Gasteiger partial charge in [0, 0.05) is 6.04 Å². The minimum atomic E-state index is -0.984. The lowest BCUT2D eigenvalue weighted by atomic mass is 9.57. The van der Waals surface area contributed by atoms with Gasteiger partial charge in [0.25, 0.3) is 0 Å². The first kappa shape index (κ1) is 29.1. The predicted octanol–water partition coefficient (Wildman–Crippen LogP) is 6.28. The summed E-state index contributed by atoms with van der Waals surface area (Å²) in [7, 11) is -0.984. The van der Waals surface area contributed by atoms with Gasteiger partial charge in [-0.15, -0.1) is 0 Å². The molecule has 2 heterocycles. The molecule has 0 aromatic heterocycles. The third-order valence-electron chi connectivity index (χ3n) is 9.56. The molecule has 2 aliphatic heterocycles. The first-order valence-corrected chi connectivity index (χ1v) is 15.3. The number of hydrogen-bond acceptors (Lipinski definition) is 5. The van der Waals surface area contributed by atoms with E-state index in [1.807, 2.05) is 6.08 Å². The minimum absolute atomic E-state index is 0.00840. The summed E-state index contributed by atoms with van der Waals surface area (Å²) in [5.74, 6) is -1.81. The average Bonchev–Trinajstić information content (AvgIpc) is 3.18. The highest BCUT2D eigenvalue weighted by atomic mass is 19.1. The fourth-order valence-electron chi connectivity index (χ4n) is 7.73. The highest BCUT2D eigenvalue weighted by Crippen LogP contribution is 2.52. The van der Waals surface area contributed by atoms with Crippen LogP contribution in [-0.2, 0) is 14.2 Å². The Bertz CT molecular complexity index is 1190. The summed E-state index contributed by atoms with van der Waals surface area (Å²) in [6.07, 6.45) is 10.7. The molecule has 6 nitrogen and oxygen atoms in total. The first-order chi connectivity index (χ1) is 19.2. The molecule has 0 radical (unpaired) electrons. The van der Waals surface area contributed by atoms with Crippen molar-refractivity contribution in [1.29, 1.82) is 0 Å². The van der Waals surface area contributed by atoms with Crippen molar-refractivity contribution in [3.05, 3.63) is 46.3 Å². The van der Waals surface area contributed by atoms with Crippen molar-refractivity contribution >= 4 is 25.0 Å². The Morgan fingerprint density at radius 3 is 2.58 bits per heavy atom. The highest BCUT2D eigenvalue weighted by molar-refractivity contribution is 6.43. The number of nitrogens with zero attached hydrogens (tertiary/aromatic N) is 1. The van der Waals surface area contributed by atoms with Crippen molar-refractivity contribution in [3.63, 3.8) is 0 Å². The largest absolute Gasteiger partial charge is 0.505 e. The molecule has 1 saturated carbocycles. The van der Waals surface area contributed by atoms with Crippen LogP contribution in [0.5, 0.6) is 5.75 Å². The van der Waals surface area contributed by atoms with Crippen LogP contribution in [0, 0.1) is 29.5 Å². The Labute approximate surface area is 237 Å². The summed E-state index contributed by atoms with van der Waals surface area (Å²) in [5, 5.41) is 20.4. The fourth-order valence-corrected chi connectivity index (χ4v) is 7.73. The van der Waals surface area contributed by atoms with Crippen LogP contribution in [0.25, 0.3) is 6.08 Å². The van der Waals surface area contributed by atoms with Crippen molar-refractivity contribution in [2.24, 2.45) is 23.7 Å². The van der Waals surface area contributed by atoms with Crippen molar-refractivity contribution in [1.82, 2.24) is 4.90 Å². The molecule has 4 aliphatic rings. The second kappa shape index (κ2) is 12.2. The molecule has 2 N–H and O–H groups in total. The van der Waals surface area contributed by atoms with Crippen LogP contribution in [0.4, 0.5) is 4.39 Å². The summed E-state index contributed by atoms with van der Waals surface area (Å²) in [6, 6.07) is 4.41. The highest BCUT2D eigenvalue weighted by Gasteiger charge is 2.58. The predicted molar refractivity (Wildman–Crippen MR) is 154 cm³/mol. The number of benzene rings is 1. The summed E-state index contributed by atoms with van der Waals surface area (Å²) in [4.78, 5) is 29.2. The molecule has 5 rings (SSSR count). The zero-order chi connectivity index (χ0) is 28.6. The Balaban J connectivity index is 1.42. The van der Waals surface area contributed by atoms with Crippen molar-refractivity contribution in [2.75, 3.05) is 0 Å². The maximum atomic E-state index is 14.0. The van der Waals surface area contributed by atoms with Gasteiger partial charge < -0.3 is 14.8 Å². The van der Waals surface area contributed by atoms with Gasteiger partial charge in [0.15, 0.2) is 11.6 Å². The Morgan fingerprint density at radius 2 is 1.90 bits per heavy atom. The number of likely N-dealkylation sites (tertiary alicyclic amines) is 1. The normalized spacial score (nSPS) is 28.0. The Kier molecular flexibility index (Phi) is 8.86. The number of allylic oxidation sites excluding steroid dienone is 2. The summed E-state index contributed by atoms with van der Waals surface area (Å²) in [6.45, 7) is 6.39. The molecule has 8 heteroatoms. The van der Waals surface area contributed by atoms with Crippen LogP contribution in [-0.4, -0.2) is 46.1 Å². The van der Waals surface area contributed by atoms with E-state index >= 15 is 0 Å². The molecule has 40 heavy (non-hydrogen) atoms. The molecule has 4 atom stereocenters. The molecule has 2 amide bonds. The number of amides is 2. The number of aromatic hydroxyl groups is 1. The smallest absolute Gasteiger partial charge is 0.455 e. The van der Waals surface area contributed by atoms with Crippen molar-refractivity contribution < 1.29 is 28.8 Å². The average molecular weight is 552 g/mol. The molecule has 1 aromatic rings. The monoisotopic (exact) mass is 551 g/mol. The van der Waals surface area contributed by atoms with Gasteiger partial charge in [-0.3, -0.25) is 14.5 Å². The van der Waals surface area contributed by atoms with E-state index in [1.54, 1.807) is 11.0 Å². The van der Waals surface area contributed by atoms with Gasteiger partial charge in [0.1, 0.15) is 0 Å². The third-order valence-corrected chi connectivity index (χ3v) is 9.56. The van der Waals surface area contributed by atoms with E-state index in [0.717, 1.165) is 56.1 Å². The number of rotatable bonds is 8. The van der Waals surface area contributed by atoms with E-state index in [-0.39, 0.29) is 47.5 Å².